The lowest BCUT2D eigenvalue weighted by molar-refractivity contribution is -0.128. The van der Waals surface area contributed by atoms with Gasteiger partial charge in [-0.1, -0.05) is 36.0 Å². The molecule has 2 aromatic carbocycles. The van der Waals surface area contributed by atoms with Crippen molar-refractivity contribution in [2.24, 2.45) is 0 Å². The predicted molar refractivity (Wildman–Crippen MR) is 108 cm³/mol. The molecule has 1 atom stereocenters. The van der Waals surface area contributed by atoms with Crippen LogP contribution in [0, 0.1) is 5.82 Å². The summed E-state index contributed by atoms with van der Waals surface area (Å²) in [6, 6.07) is 13.6. The highest BCUT2D eigenvalue weighted by molar-refractivity contribution is 7.99. The number of ether oxygens (including phenoxy) is 1. The van der Waals surface area contributed by atoms with E-state index in [0.29, 0.717) is 11.7 Å². The molecule has 0 N–H and O–H groups in total. The van der Waals surface area contributed by atoms with Crippen molar-refractivity contribution >= 4 is 17.7 Å². The van der Waals surface area contributed by atoms with Crippen LogP contribution >= 0.6 is 11.8 Å². The summed E-state index contributed by atoms with van der Waals surface area (Å²) in [7, 11) is 3.35. The van der Waals surface area contributed by atoms with E-state index in [0.717, 1.165) is 16.9 Å². The zero-order valence-electron chi connectivity index (χ0n) is 16.4. The van der Waals surface area contributed by atoms with Crippen LogP contribution in [-0.4, -0.2) is 50.9 Å². The molecule has 0 aliphatic heterocycles. The summed E-state index contributed by atoms with van der Waals surface area (Å²) in [6.45, 7) is 2.40. The second kappa shape index (κ2) is 9.51. The highest BCUT2D eigenvalue weighted by atomic mass is 32.2. The fourth-order valence-electron chi connectivity index (χ4n) is 2.71. The van der Waals surface area contributed by atoms with Gasteiger partial charge in [0.1, 0.15) is 11.6 Å². The smallest absolute Gasteiger partial charge is 0.233 e. The molecule has 152 valence electrons. The molecule has 1 amide bonds. The van der Waals surface area contributed by atoms with Crippen molar-refractivity contribution in [3.05, 3.63) is 65.5 Å². The van der Waals surface area contributed by atoms with Gasteiger partial charge in [-0.15, -0.1) is 5.10 Å². The lowest BCUT2D eigenvalue weighted by atomic mass is 10.1. The summed E-state index contributed by atoms with van der Waals surface area (Å²) in [6.07, 6.45) is 0. The molecular formula is C20H22FN5O2S. The summed E-state index contributed by atoms with van der Waals surface area (Å²) >= 11 is 1.28. The van der Waals surface area contributed by atoms with Gasteiger partial charge in [-0.05, 0) is 52.7 Å². The van der Waals surface area contributed by atoms with Crippen LogP contribution in [0.5, 0.6) is 5.75 Å². The Balaban J connectivity index is 1.58. The van der Waals surface area contributed by atoms with E-state index in [9.17, 15) is 9.18 Å². The molecule has 0 saturated carbocycles. The fourth-order valence-corrected chi connectivity index (χ4v) is 3.51. The van der Waals surface area contributed by atoms with Crippen LogP contribution in [0.15, 0.2) is 53.7 Å². The Morgan fingerprint density at radius 2 is 1.90 bits per heavy atom. The SMILES string of the molecule is COc1ccc(Cn2nnnc2SCC(=O)N(C)C(C)c2ccc(F)cc2)cc1. The number of carbonyl (C=O) groups excluding carboxylic acids is 1. The number of hydrogen-bond acceptors (Lipinski definition) is 6. The molecule has 0 spiro atoms. The average molecular weight is 415 g/mol. The van der Waals surface area contributed by atoms with Crippen molar-refractivity contribution in [1.29, 1.82) is 0 Å². The molecular weight excluding hydrogens is 393 g/mol. The molecule has 1 unspecified atom stereocenters. The first-order valence-electron chi connectivity index (χ1n) is 9.01. The fraction of sp³-hybridized carbons (Fsp3) is 0.300. The predicted octanol–water partition coefficient (Wildman–Crippen LogP) is 3.18. The van der Waals surface area contributed by atoms with Crippen LogP contribution in [0.3, 0.4) is 0 Å². The van der Waals surface area contributed by atoms with E-state index in [4.69, 9.17) is 4.74 Å². The molecule has 0 aliphatic rings. The maximum absolute atomic E-state index is 13.1. The minimum Gasteiger partial charge on any atom is -0.497 e. The van der Waals surface area contributed by atoms with Gasteiger partial charge >= 0.3 is 0 Å². The Hall–Kier alpha value is -2.94. The Bertz CT molecular complexity index is 946. The standard InChI is InChI=1S/C20H22FN5O2S/c1-14(16-6-8-17(21)9-7-16)25(2)19(27)13-29-20-22-23-24-26(20)12-15-4-10-18(28-3)11-5-15/h4-11,14H,12-13H2,1-3H3. The number of nitrogens with zero attached hydrogens (tertiary/aromatic N) is 5. The van der Waals surface area contributed by atoms with Crippen molar-refractivity contribution in [2.75, 3.05) is 19.9 Å². The lowest BCUT2D eigenvalue weighted by Crippen LogP contribution is -2.31. The highest BCUT2D eigenvalue weighted by Gasteiger charge is 2.19. The normalized spacial score (nSPS) is 11.9. The number of aromatic nitrogens is 4. The van der Waals surface area contributed by atoms with Crippen LogP contribution in [0.25, 0.3) is 0 Å². The summed E-state index contributed by atoms with van der Waals surface area (Å²) in [5, 5.41) is 12.3. The van der Waals surface area contributed by atoms with Gasteiger partial charge in [0.25, 0.3) is 0 Å². The number of hydrogen-bond donors (Lipinski definition) is 0. The number of methoxy groups -OCH3 is 1. The third-order valence-electron chi connectivity index (χ3n) is 4.64. The van der Waals surface area contributed by atoms with Crippen molar-refractivity contribution in [3.8, 4) is 5.75 Å². The minimum absolute atomic E-state index is 0.0641. The number of carbonyl (C=O) groups is 1. The van der Waals surface area contributed by atoms with Crippen molar-refractivity contribution in [1.82, 2.24) is 25.1 Å². The van der Waals surface area contributed by atoms with Gasteiger partial charge < -0.3 is 9.64 Å². The second-order valence-corrected chi connectivity index (χ2v) is 7.43. The largest absolute Gasteiger partial charge is 0.497 e. The molecule has 0 radical (unpaired) electrons. The monoisotopic (exact) mass is 415 g/mol. The number of halogens is 1. The van der Waals surface area contributed by atoms with Gasteiger partial charge in [0, 0.05) is 7.05 Å². The maximum atomic E-state index is 13.1. The zero-order valence-corrected chi connectivity index (χ0v) is 17.3. The second-order valence-electron chi connectivity index (χ2n) is 6.49. The van der Waals surface area contributed by atoms with E-state index in [-0.39, 0.29) is 23.5 Å². The zero-order chi connectivity index (χ0) is 20.8. The van der Waals surface area contributed by atoms with E-state index in [1.807, 2.05) is 31.2 Å². The molecule has 0 saturated heterocycles. The first-order valence-corrected chi connectivity index (χ1v) is 9.99. The molecule has 3 aromatic rings. The van der Waals surface area contributed by atoms with Crippen molar-refractivity contribution in [3.63, 3.8) is 0 Å². The van der Waals surface area contributed by atoms with Gasteiger partial charge in [-0.25, -0.2) is 9.07 Å². The summed E-state index contributed by atoms with van der Waals surface area (Å²) in [5.74, 6) is 0.620. The number of benzene rings is 2. The van der Waals surface area contributed by atoms with Crippen LogP contribution in [-0.2, 0) is 11.3 Å². The third-order valence-corrected chi connectivity index (χ3v) is 5.58. The number of tetrazole rings is 1. The van der Waals surface area contributed by atoms with Crippen molar-refractivity contribution in [2.45, 2.75) is 24.7 Å². The third kappa shape index (κ3) is 5.32. The maximum Gasteiger partial charge on any atom is 0.233 e. The Morgan fingerprint density at radius 3 is 2.55 bits per heavy atom. The van der Waals surface area contributed by atoms with Gasteiger partial charge in [-0.3, -0.25) is 4.79 Å². The highest BCUT2D eigenvalue weighted by Crippen LogP contribution is 2.22. The Labute approximate surface area is 172 Å². The minimum atomic E-state index is -0.297. The molecule has 1 aromatic heterocycles. The summed E-state index contributed by atoms with van der Waals surface area (Å²) in [4.78, 5) is 14.2. The van der Waals surface area contributed by atoms with Crippen LogP contribution in [0.2, 0.25) is 0 Å². The van der Waals surface area contributed by atoms with Gasteiger partial charge in [-0.2, -0.15) is 0 Å². The number of thioether (sulfide) groups is 1. The molecule has 0 aliphatic carbocycles. The van der Waals surface area contributed by atoms with Crippen LogP contribution in [0.4, 0.5) is 4.39 Å². The average Bonchev–Trinajstić information content (AvgIpc) is 3.19. The van der Waals surface area contributed by atoms with Crippen LogP contribution in [0.1, 0.15) is 24.1 Å². The Morgan fingerprint density at radius 1 is 1.21 bits per heavy atom. The Kier molecular flexibility index (Phi) is 6.82. The quantitative estimate of drug-likeness (QED) is 0.526. The topological polar surface area (TPSA) is 73.1 Å². The first kappa shape index (κ1) is 20.8. The van der Waals surface area contributed by atoms with Crippen molar-refractivity contribution < 1.29 is 13.9 Å². The lowest BCUT2D eigenvalue weighted by Gasteiger charge is -2.25. The molecule has 29 heavy (non-hydrogen) atoms. The molecule has 7 nitrogen and oxygen atoms in total. The molecule has 3 rings (SSSR count). The summed E-state index contributed by atoms with van der Waals surface area (Å²) < 4.78 is 19.9. The number of rotatable bonds is 8. The molecule has 1 heterocycles. The van der Waals surface area contributed by atoms with Gasteiger partial charge in [0.2, 0.25) is 11.1 Å². The first-order chi connectivity index (χ1) is 14.0. The molecule has 0 bridgehead atoms. The molecule has 0 fully saturated rings. The van der Waals surface area contributed by atoms with Gasteiger partial charge in [0.15, 0.2) is 0 Å². The van der Waals surface area contributed by atoms with Gasteiger partial charge in [0.05, 0.1) is 25.4 Å². The van der Waals surface area contributed by atoms with Crippen LogP contribution < -0.4 is 4.74 Å². The van der Waals surface area contributed by atoms with E-state index in [1.165, 1.54) is 23.9 Å². The summed E-state index contributed by atoms with van der Waals surface area (Å²) in [5.41, 5.74) is 1.89. The van der Waals surface area contributed by atoms with E-state index in [1.54, 1.807) is 35.9 Å². The van der Waals surface area contributed by atoms with E-state index in [2.05, 4.69) is 15.5 Å². The van der Waals surface area contributed by atoms with E-state index >= 15 is 0 Å². The van der Waals surface area contributed by atoms with E-state index < -0.39 is 0 Å². The number of amides is 1. The molecule has 9 heteroatoms.